The average Bonchev–Trinajstić information content (AvgIpc) is 3.02. The zero-order valence-corrected chi connectivity index (χ0v) is 13.8. The molecule has 2 saturated heterocycles. The fraction of sp³-hybridized carbons (Fsp3) is 0.471. The lowest BCUT2D eigenvalue weighted by Crippen LogP contribution is -2.43. The van der Waals surface area contributed by atoms with E-state index in [-0.39, 0.29) is 24.1 Å². The van der Waals surface area contributed by atoms with E-state index in [0.29, 0.717) is 19.0 Å². The summed E-state index contributed by atoms with van der Waals surface area (Å²) >= 11 is 0. The zero-order valence-electron chi connectivity index (χ0n) is 13.8. The van der Waals surface area contributed by atoms with Crippen molar-refractivity contribution in [1.29, 1.82) is 0 Å². The van der Waals surface area contributed by atoms with E-state index in [1.54, 1.807) is 13.2 Å². The fourth-order valence-corrected chi connectivity index (χ4v) is 3.48. The molecule has 0 radical (unpaired) electrons. The first-order valence-electron chi connectivity index (χ1n) is 8.27. The number of fused-ring (bicyclic) bond motifs is 1. The Hall–Kier alpha value is -2.48. The highest BCUT2D eigenvalue weighted by atomic mass is 19.1. The second kappa shape index (κ2) is 6.79. The van der Waals surface area contributed by atoms with Gasteiger partial charge in [0, 0.05) is 18.9 Å². The maximum Gasteiger partial charge on any atom is 0.250 e. The van der Waals surface area contributed by atoms with Gasteiger partial charge in [0.05, 0.1) is 19.7 Å². The Balaban J connectivity index is 1.60. The fourth-order valence-electron chi connectivity index (χ4n) is 3.48. The van der Waals surface area contributed by atoms with Crippen LogP contribution in [0.5, 0.6) is 11.8 Å². The van der Waals surface area contributed by atoms with E-state index >= 15 is 0 Å². The van der Waals surface area contributed by atoms with Gasteiger partial charge in [0.2, 0.25) is 5.88 Å². The Kier molecular flexibility index (Phi) is 4.35. The van der Waals surface area contributed by atoms with E-state index in [0.717, 1.165) is 18.7 Å². The SMILES string of the molecule is COc1cc(N2C[C@@H](Oc3ncccc3F)[C@H]3OCCC[C@H]32)ncn1. The van der Waals surface area contributed by atoms with Crippen molar-refractivity contribution in [3.05, 3.63) is 36.5 Å². The third-order valence-corrected chi connectivity index (χ3v) is 4.60. The van der Waals surface area contributed by atoms with Gasteiger partial charge in [0.1, 0.15) is 24.4 Å². The Morgan fingerprint density at radius 2 is 2.24 bits per heavy atom. The van der Waals surface area contributed by atoms with Gasteiger partial charge < -0.3 is 19.1 Å². The summed E-state index contributed by atoms with van der Waals surface area (Å²) in [6, 6.07) is 4.78. The maximum absolute atomic E-state index is 13.9. The molecule has 2 aromatic heterocycles. The Labute approximate surface area is 144 Å². The molecule has 0 aliphatic carbocycles. The van der Waals surface area contributed by atoms with Crippen LogP contribution in [0.15, 0.2) is 30.7 Å². The van der Waals surface area contributed by atoms with Crippen molar-refractivity contribution in [2.45, 2.75) is 31.1 Å². The van der Waals surface area contributed by atoms with E-state index in [1.807, 2.05) is 0 Å². The highest BCUT2D eigenvalue weighted by Gasteiger charge is 2.46. The first-order chi connectivity index (χ1) is 12.3. The molecule has 7 nitrogen and oxygen atoms in total. The van der Waals surface area contributed by atoms with Gasteiger partial charge in [-0.25, -0.2) is 19.3 Å². The van der Waals surface area contributed by atoms with E-state index < -0.39 is 5.82 Å². The van der Waals surface area contributed by atoms with Crippen molar-refractivity contribution in [3.8, 4) is 11.8 Å². The number of aromatic nitrogens is 3. The molecular weight excluding hydrogens is 327 g/mol. The summed E-state index contributed by atoms with van der Waals surface area (Å²) in [5.74, 6) is 0.776. The van der Waals surface area contributed by atoms with Crippen molar-refractivity contribution in [3.63, 3.8) is 0 Å². The minimum Gasteiger partial charge on any atom is -0.481 e. The minimum absolute atomic E-state index is 0.00235. The Morgan fingerprint density at radius 3 is 3.08 bits per heavy atom. The van der Waals surface area contributed by atoms with Gasteiger partial charge in [-0.3, -0.25) is 0 Å². The lowest BCUT2D eigenvalue weighted by Gasteiger charge is -2.32. The van der Waals surface area contributed by atoms with Gasteiger partial charge in [-0.05, 0) is 25.0 Å². The van der Waals surface area contributed by atoms with Crippen LogP contribution in [0.25, 0.3) is 0 Å². The van der Waals surface area contributed by atoms with Crippen molar-refractivity contribution in [1.82, 2.24) is 15.0 Å². The number of methoxy groups -OCH3 is 1. The first-order valence-corrected chi connectivity index (χ1v) is 8.27. The molecule has 2 fully saturated rings. The van der Waals surface area contributed by atoms with Gasteiger partial charge in [-0.2, -0.15) is 0 Å². The maximum atomic E-state index is 13.9. The topological polar surface area (TPSA) is 69.6 Å². The number of halogens is 1. The molecule has 3 atom stereocenters. The minimum atomic E-state index is -0.475. The van der Waals surface area contributed by atoms with Gasteiger partial charge in [-0.15, -0.1) is 0 Å². The van der Waals surface area contributed by atoms with Crippen LogP contribution in [0.1, 0.15) is 12.8 Å². The molecular formula is C17H19FN4O3. The molecule has 0 aromatic carbocycles. The molecule has 0 saturated carbocycles. The normalized spacial score (nSPS) is 25.5. The number of hydrogen-bond acceptors (Lipinski definition) is 7. The average molecular weight is 346 g/mol. The molecule has 2 aliphatic rings. The standard InChI is InChI=1S/C17H19FN4O3/c1-23-15-8-14(20-10-21-15)22-9-13(16-12(22)5-3-7-24-16)25-17-11(18)4-2-6-19-17/h2,4,6,8,10,12-13,16H,3,5,7,9H2,1H3/t12-,13-,16+/m1/s1. The molecule has 2 aromatic rings. The van der Waals surface area contributed by atoms with E-state index in [9.17, 15) is 4.39 Å². The van der Waals surface area contributed by atoms with Crippen LogP contribution in [0.4, 0.5) is 10.2 Å². The first kappa shape index (κ1) is 16.0. The highest BCUT2D eigenvalue weighted by Crippen LogP contribution is 2.34. The van der Waals surface area contributed by atoms with Crippen LogP contribution in [-0.2, 0) is 4.74 Å². The van der Waals surface area contributed by atoms with Gasteiger partial charge in [0.25, 0.3) is 5.88 Å². The summed E-state index contributed by atoms with van der Waals surface area (Å²) in [7, 11) is 1.57. The number of pyridine rings is 1. The molecule has 132 valence electrons. The summed E-state index contributed by atoms with van der Waals surface area (Å²) in [6.07, 6.45) is 4.43. The summed E-state index contributed by atoms with van der Waals surface area (Å²) in [6.45, 7) is 1.21. The second-order valence-corrected chi connectivity index (χ2v) is 6.06. The molecule has 0 unspecified atom stereocenters. The molecule has 0 amide bonds. The van der Waals surface area contributed by atoms with Crippen LogP contribution >= 0.6 is 0 Å². The highest BCUT2D eigenvalue weighted by molar-refractivity contribution is 5.45. The Morgan fingerprint density at radius 1 is 1.32 bits per heavy atom. The molecule has 25 heavy (non-hydrogen) atoms. The van der Waals surface area contributed by atoms with E-state index in [1.165, 1.54) is 24.7 Å². The Bertz CT molecular complexity index is 747. The van der Waals surface area contributed by atoms with Crippen molar-refractivity contribution >= 4 is 5.82 Å². The predicted octanol–water partition coefficient (Wildman–Crippen LogP) is 1.83. The van der Waals surface area contributed by atoms with E-state index in [4.69, 9.17) is 14.2 Å². The van der Waals surface area contributed by atoms with Crippen molar-refractivity contribution in [2.24, 2.45) is 0 Å². The molecule has 2 aliphatic heterocycles. The van der Waals surface area contributed by atoms with Crippen molar-refractivity contribution < 1.29 is 18.6 Å². The molecule has 4 rings (SSSR count). The lowest BCUT2D eigenvalue weighted by atomic mass is 10.0. The number of hydrogen-bond donors (Lipinski definition) is 0. The van der Waals surface area contributed by atoms with Crippen LogP contribution in [0.2, 0.25) is 0 Å². The second-order valence-electron chi connectivity index (χ2n) is 6.06. The number of rotatable bonds is 4. The van der Waals surface area contributed by atoms with Crippen molar-refractivity contribution in [2.75, 3.05) is 25.2 Å². The lowest BCUT2D eigenvalue weighted by molar-refractivity contribution is -0.0381. The zero-order chi connectivity index (χ0) is 17.2. The molecule has 8 heteroatoms. The number of ether oxygens (including phenoxy) is 3. The number of anilines is 1. The summed E-state index contributed by atoms with van der Waals surface area (Å²) in [5, 5.41) is 0. The predicted molar refractivity (Wildman–Crippen MR) is 87.3 cm³/mol. The largest absolute Gasteiger partial charge is 0.481 e. The summed E-state index contributed by atoms with van der Waals surface area (Å²) < 4.78 is 30.9. The third kappa shape index (κ3) is 3.09. The van der Waals surface area contributed by atoms with Crippen LogP contribution in [0, 0.1) is 5.82 Å². The molecule has 0 spiro atoms. The quantitative estimate of drug-likeness (QED) is 0.836. The van der Waals surface area contributed by atoms with Crippen LogP contribution in [-0.4, -0.2) is 53.5 Å². The summed E-state index contributed by atoms with van der Waals surface area (Å²) in [5.41, 5.74) is 0. The van der Waals surface area contributed by atoms with Gasteiger partial charge in [0.15, 0.2) is 5.82 Å². The molecule has 0 N–H and O–H groups in total. The monoisotopic (exact) mass is 346 g/mol. The van der Waals surface area contributed by atoms with Gasteiger partial charge >= 0.3 is 0 Å². The third-order valence-electron chi connectivity index (χ3n) is 4.60. The smallest absolute Gasteiger partial charge is 0.250 e. The van der Waals surface area contributed by atoms with Crippen LogP contribution in [0.3, 0.4) is 0 Å². The molecule has 0 bridgehead atoms. The molecule has 4 heterocycles. The van der Waals surface area contributed by atoms with Gasteiger partial charge in [-0.1, -0.05) is 0 Å². The summed E-state index contributed by atoms with van der Waals surface area (Å²) in [4.78, 5) is 14.5. The number of nitrogens with zero attached hydrogens (tertiary/aromatic N) is 4. The van der Waals surface area contributed by atoms with Crippen LogP contribution < -0.4 is 14.4 Å². The van der Waals surface area contributed by atoms with E-state index in [2.05, 4.69) is 19.9 Å².